The minimum Gasteiger partial charge on any atom is -0.374 e. The third-order valence-electron chi connectivity index (χ3n) is 3.18. The summed E-state index contributed by atoms with van der Waals surface area (Å²) in [4.78, 5) is 4.21. The lowest BCUT2D eigenvalue weighted by Gasteiger charge is -2.36. The van der Waals surface area contributed by atoms with E-state index >= 15 is 0 Å². The summed E-state index contributed by atoms with van der Waals surface area (Å²) in [6.07, 6.45) is 4.55. The summed E-state index contributed by atoms with van der Waals surface area (Å²) in [7, 11) is 0. The second-order valence-corrected chi connectivity index (χ2v) is 4.49. The molecule has 1 rings (SSSR count). The molecule has 96 valence electrons. The molecule has 4 nitrogen and oxygen atoms in total. The Hall–Kier alpha value is -0.970. The van der Waals surface area contributed by atoms with Gasteiger partial charge in [0.05, 0.1) is 11.6 Å². The molecule has 17 heavy (non-hydrogen) atoms. The number of aromatic nitrogens is 1. The van der Waals surface area contributed by atoms with Gasteiger partial charge < -0.3 is 4.74 Å². The number of hydrogen-bond acceptors (Lipinski definition) is 4. The van der Waals surface area contributed by atoms with Crippen LogP contribution in [0.25, 0.3) is 0 Å². The molecule has 0 radical (unpaired) electrons. The summed E-state index contributed by atoms with van der Waals surface area (Å²) in [6.45, 7) is 8.86. The highest BCUT2D eigenvalue weighted by Gasteiger charge is 2.34. The van der Waals surface area contributed by atoms with Crippen molar-refractivity contribution in [2.24, 2.45) is 5.84 Å². The molecule has 1 aromatic heterocycles. The molecule has 0 aromatic carbocycles. The van der Waals surface area contributed by atoms with Gasteiger partial charge in [-0.1, -0.05) is 13.0 Å². The molecule has 0 aliphatic heterocycles. The van der Waals surface area contributed by atoms with Gasteiger partial charge in [-0.3, -0.25) is 16.3 Å². The van der Waals surface area contributed by atoms with E-state index in [1.165, 1.54) is 0 Å². The van der Waals surface area contributed by atoms with Crippen LogP contribution < -0.4 is 11.3 Å². The summed E-state index contributed by atoms with van der Waals surface area (Å²) in [5.74, 6) is 5.69. The van der Waals surface area contributed by atoms with Gasteiger partial charge in [-0.15, -0.1) is 0 Å². The fourth-order valence-corrected chi connectivity index (χ4v) is 2.08. The Morgan fingerprint density at radius 1 is 1.47 bits per heavy atom. The molecule has 0 amide bonds. The number of hydrogen-bond donors (Lipinski definition) is 2. The number of nitrogens with one attached hydrogen (secondary N) is 1. The molecule has 0 saturated carbocycles. The monoisotopic (exact) mass is 237 g/mol. The lowest BCUT2D eigenvalue weighted by atomic mass is 9.88. The van der Waals surface area contributed by atoms with Gasteiger partial charge in [0.15, 0.2) is 0 Å². The van der Waals surface area contributed by atoms with Crippen LogP contribution in [0.5, 0.6) is 0 Å². The highest BCUT2D eigenvalue weighted by Crippen LogP contribution is 2.31. The number of nitrogens with zero attached hydrogens (tertiary/aromatic N) is 1. The van der Waals surface area contributed by atoms with Gasteiger partial charge >= 0.3 is 0 Å². The van der Waals surface area contributed by atoms with Crippen molar-refractivity contribution in [1.29, 1.82) is 0 Å². The molecule has 0 bridgehead atoms. The number of aryl methyl sites for hydroxylation is 1. The standard InChI is InChI=1S/C13H23N3O/c1-5-13(4,17-6-2)12(16-14)11-7-10(3)8-15-9-11/h7-9,12,16H,5-6,14H2,1-4H3. The van der Waals surface area contributed by atoms with Gasteiger partial charge in [-0.25, -0.2) is 0 Å². The number of hydrazine groups is 1. The van der Waals surface area contributed by atoms with Crippen molar-refractivity contribution in [2.45, 2.75) is 45.8 Å². The molecular formula is C13H23N3O. The molecule has 4 heteroatoms. The SMILES string of the molecule is CCOC(C)(CC)C(NN)c1cncc(C)c1. The molecule has 2 unspecified atom stereocenters. The Bertz CT molecular complexity index is 356. The Morgan fingerprint density at radius 2 is 2.18 bits per heavy atom. The quantitative estimate of drug-likeness (QED) is 0.587. The number of rotatable bonds is 6. The van der Waals surface area contributed by atoms with Crippen molar-refractivity contribution < 1.29 is 4.74 Å². The van der Waals surface area contributed by atoms with E-state index < -0.39 is 0 Å². The maximum atomic E-state index is 5.86. The van der Waals surface area contributed by atoms with Crippen molar-refractivity contribution >= 4 is 0 Å². The molecule has 1 aromatic rings. The molecule has 0 spiro atoms. The molecule has 0 fully saturated rings. The molecule has 0 aliphatic carbocycles. The van der Waals surface area contributed by atoms with Crippen LogP contribution in [0.1, 0.15) is 44.4 Å². The van der Waals surface area contributed by atoms with E-state index in [4.69, 9.17) is 10.6 Å². The third-order valence-corrected chi connectivity index (χ3v) is 3.18. The number of pyridine rings is 1. The Balaban J connectivity index is 3.04. The Labute approximate surface area is 104 Å². The van der Waals surface area contributed by atoms with Crippen LogP contribution in [0.4, 0.5) is 0 Å². The van der Waals surface area contributed by atoms with E-state index in [-0.39, 0.29) is 11.6 Å². The van der Waals surface area contributed by atoms with Crippen molar-refractivity contribution in [2.75, 3.05) is 6.61 Å². The normalized spacial score (nSPS) is 16.5. The van der Waals surface area contributed by atoms with Crippen LogP contribution in [0.3, 0.4) is 0 Å². The maximum absolute atomic E-state index is 5.86. The van der Waals surface area contributed by atoms with E-state index in [1.54, 1.807) is 0 Å². The average Bonchev–Trinajstić information content (AvgIpc) is 2.30. The Kier molecular flexibility index (Phi) is 5.05. The van der Waals surface area contributed by atoms with Crippen molar-refractivity contribution in [3.63, 3.8) is 0 Å². The number of nitrogens with two attached hydrogens (primary N) is 1. The van der Waals surface area contributed by atoms with Crippen LogP contribution in [-0.2, 0) is 4.74 Å². The van der Waals surface area contributed by atoms with E-state index in [0.29, 0.717) is 6.61 Å². The van der Waals surface area contributed by atoms with Crippen LogP contribution >= 0.6 is 0 Å². The van der Waals surface area contributed by atoms with Crippen molar-refractivity contribution in [1.82, 2.24) is 10.4 Å². The van der Waals surface area contributed by atoms with E-state index in [1.807, 2.05) is 26.2 Å². The molecular weight excluding hydrogens is 214 g/mol. The minimum absolute atomic E-state index is 0.0557. The first-order valence-corrected chi connectivity index (χ1v) is 6.09. The molecule has 1 heterocycles. The van der Waals surface area contributed by atoms with Gasteiger partial charge in [0.1, 0.15) is 0 Å². The second kappa shape index (κ2) is 6.10. The number of ether oxygens (including phenoxy) is 1. The van der Waals surface area contributed by atoms with Crippen LogP contribution in [0, 0.1) is 6.92 Å². The van der Waals surface area contributed by atoms with E-state index in [0.717, 1.165) is 17.5 Å². The van der Waals surface area contributed by atoms with E-state index in [2.05, 4.69) is 30.3 Å². The molecule has 2 atom stereocenters. The van der Waals surface area contributed by atoms with Crippen LogP contribution in [0.2, 0.25) is 0 Å². The van der Waals surface area contributed by atoms with Gasteiger partial charge in [0.2, 0.25) is 0 Å². The Morgan fingerprint density at radius 3 is 2.65 bits per heavy atom. The zero-order valence-electron chi connectivity index (χ0n) is 11.2. The summed E-state index contributed by atoms with van der Waals surface area (Å²) in [5.41, 5.74) is 4.72. The fourth-order valence-electron chi connectivity index (χ4n) is 2.08. The van der Waals surface area contributed by atoms with Crippen molar-refractivity contribution in [3.05, 3.63) is 29.6 Å². The summed E-state index contributed by atoms with van der Waals surface area (Å²) in [5, 5.41) is 0. The van der Waals surface area contributed by atoms with Crippen LogP contribution in [0.15, 0.2) is 18.5 Å². The third kappa shape index (κ3) is 3.25. The minimum atomic E-state index is -0.320. The van der Waals surface area contributed by atoms with Crippen LogP contribution in [-0.4, -0.2) is 17.2 Å². The fraction of sp³-hybridized carbons (Fsp3) is 0.615. The first kappa shape index (κ1) is 14.1. The predicted molar refractivity (Wildman–Crippen MR) is 69.4 cm³/mol. The topological polar surface area (TPSA) is 60.2 Å². The molecule has 0 saturated heterocycles. The lowest BCUT2D eigenvalue weighted by molar-refractivity contribution is -0.0564. The zero-order valence-corrected chi connectivity index (χ0v) is 11.2. The van der Waals surface area contributed by atoms with Gasteiger partial charge in [-0.05, 0) is 38.3 Å². The summed E-state index contributed by atoms with van der Waals surface area (Å²) in [6, 6.07) is 2.03. The maximum Gasteiger partial charge on any atom is 0.0859 e. The van der Waals surface area contributed by atoms with Gasteiger partial charge in [0, 0.05) is 19.0 Å². The first-order valence-electron chi connectivity index (χ1n) is 6.09. The largest absolute Gasteiger partial charge is 0.374 e. The average molecular weight is 237 g/mol. The summed E-state index contributed by atoms with van der Waals surface area (Å²) >= 11 is 0. The highest BCUT2D eigenvalue weighted by atomic mass is 16.5. The smallest absolute Gasteiger partial charge is 0.0859 e. The molecule has 3 N–H and O–H groups in total. The van der Waals surface area contributed by atoms with Crippen molar-refractivity contribution in [3.8, 4) is 0 Å². The predicted octanol–water partition coefficient (Wildman–Crippen LogP) is 2.10. The zero-order chi connectivity index (χ0) is 12.9. The second-order valence-electron chi connectivity index (χ2n) is 4.49. The highest BCUT2D eigenvalue weighted by molar-refractivity contribution is 5.22. The van der Waals surface area contributed by atoms with Gasteiger partial charge in [0.25, 0.3) is 0 Å². The molecule has 0 aliphatic rings. The van der Waals surface area contributed by atoms with Gasteiger partial charge in [-0.2, -0.15) is 0 Å². The van der Waals surface area contributed by atoms with E-state index in [9.17, 15) is 0 Å². The first-order chi connectivity index (χ1) is 8.07. The summed E-state index contributed by atoms with van der Waals surface area (Å²) < 4.78 is 5.86. The lowest BCUT2D eigenvalue weighted by Crippen LogP contribution is -2.46.